The Kier molecular flexibility index (Phi) is 4.17. The second-order valence-electron chi connectivity index (χ2n) is 6.27. The first-order chi connectivity index (χ1) is 13.1. The summed E-state index contributed by atoms with van der Waals surface area (Å²) in [5, 5.41) is 2.03. The molecule has 0 fully saturated rings. The molecule has 2 aromatic carbocycles. The fourth-order valence-corrected chi connectivity index (χ4v) is 3.89. The van der Waals surface area contributed by atoms with E-state index in [0.717, 1.165) is 4.57 Å². The molecular weight excluding hydrogens is 418 g/mol. The fourth-order valence-electron chi connectivity index (χ4n) is 3.37. The van der Waals surface area contributed by atoms with Gasteiger partial charge in [0, 0.05) is 15.6 Å². The Balaban J connectivity index is 1.90. The zero-order valence-electron chi connectivity index (χ0n) is 13.8. The maximum atomic E-state index is 14.2. The lowest BCUT2D eigenvalue weighted by Crippen LogP contribution is -2.62. The number of hydrogen-bond donors (Lipinski definition) is 1. The molecule has 1 aliphatic heterocycles. The van der Waals surface area contributed by atoms with E-state index in [1.807, 2.05) is 5.32 Å². The molecule has 144 valence electrons. The average Bonchev–Trinajstić information content (AvgIpc) is 3.08. The summed E-state index contributed by atoms with van der Waals surface area (Å²) in [5.74, 6) is -2.44. The van der Waals surface area contributed by atoms with Crippen LogP contribution in [0.25, 0.3) is 11.0 Å². The van der Waals surface area contributed by atoms with E-state index >= 15 is 0 Å². The first-order valence-corrected chi connectivity index (χ1v) is 8.74. The van der Waals surface area contributed by atoms with Crippen molar-refractivity contribution in [2.45, 2.75) is 18.3 Å². The number of carbonyl (C=O) groups excluding carboxylic acids is 2. The summed E-state index contributed by atoms with van der Waals surface area (Å²) in [6.07, 6.45) is -5.68. The van der Waals surface area contributed by atoms with Crippen LogP contribution in [-0.2, 0) is 16.9 Å². The molecule has 4 rings (SSSR count). The van der Waals surface area contributed by atoms with Crippen LogP contribution in [0.4, 0.5) is 13.2 Å². The molecule has 0 radical (unpaired) electrons. The number of carbonyl (C=O) groups is 2. The number of nitrogens with one attached hydrogen (secondary N) is 1. The number of benzene rings is 2. The number of ketones is 1. The molecule has 1 aromatic heterocycles. The highest BCUT2D eigenvalue weighted by Gasteiger charge is 2.66. The number of Topliss-reactive ketones (excluding diaryl/α,β-unsaturated/α-hetero) is 1. The molecular formula is C18H10Cl2F3N3O2. The molecule has 3 aromatic rings. The van der Waals surface area contributed by atoms with Crippen molar-refractivity contribution < 1.29 is 22.8 Å². The van der Waals surface area contributed by atoms with Crippen LogP contribution in [0.1, 0.15) is 16.2 Å². The van der Waals surface area contributed by atoms with E-state index in [9.17, 15) is 22.8 Å². The number of aromatic nitrogens is 2. The Labute approximate surface area is 166 Å². The molecule has 1 atom stereocenters. The lowest BCUT2D eigenvalue weighted by atomic mass is 10.0. The largest absolute Gasteiger partial charge is 0.438 e. The van der Waals surface area contributed by atoms with Crippen LogP contribution >= 0.6 is 23.2 Å². The van der Waals surface area contributed by atoms with E-state index in [1.165, 1.54) is 36.4 Å². The average molecular weight is 428 g/mol. The topological polar surface area (TPSA) is 64.0 Å². The van der Waals surface area contributed by atoms with Gasteiger partial charge < -0.3 is 5.32 Å². The summed E-state index contributed by atoms with van der Waals surface area (Å²) >= 11 is 11.7. The lowest BCUT2D eigenvalue weighted by Gasteiger charge is -2.33. The van der Waals surface area contributed by atoms with Gasteiger partial charge in [0.25, 0.3) is 11.6 Å². The van der Waals surface area contributed by atoms with Crippen molar-refractivity contribution in [1.82, 2.24) is 14.9 Å². The van der Waals surface area contributed by atoms with Crippen LogP contribution in [0.3, 0.4) is 0 Å². The minimum atomic E-state index is -5.11. The van der Waals surface area contributed by atoms with Crippen LogP contribution in [0.15, 0.2) is 42.5 Å². The quantitative estimate of drug-likeness (QED) is 0.668. The number of imidazole rings is 1. The highest BCUT2D eigenvalue weighted by atomic mass is 35.5. The Bertz CT molecular complexity index is 1120. The molecule has 1 aliphatic rings. The molecule has 0 aliphatic carbocycles. The molecule has 28 heavy (non-hydrogen) atoms. The number of amides is 1. The van der Waals surface area contributed by atoms with Crippen molar-refractivity contribution in [2.24, 2.45) is 0 Å². The molecule has 10 heteroatoms. The summed E-state index contributed by atoms with van der Waals surface area (Å²) in [6, 6.07) is 9.76. The van der Waals surface area contributed by atoms with E-state index in [0.29, 0.717) is 5.52 Å². The van der Waals surface area contributed by atoms with Gasteiger partial charge in [-0.05, 0) is 30.3 Å². The van der Waals surface area contributed by atoms with E-state index in [-0.39, 0.29) is 26.9 Å². The van der Waals surface area contributed by atoms with Gasteiger partial charge in [0.05, 0.1) is 17.5 Å². The van der Waals surface area contributed by atoms with Gasteiger partial charge in [-0.15, -0.1) is 0 Å². The molecule has 2 heterocycles. The lowest BCUT2D eigenvalue weighted by molar-refractivity contribution is -0.214. The normalized spacial score (nSPS) is 19.1. The van der Waals surface area contributed by atoms with E-state index < -0.39 is 30.0 Å². The van der Waals surface area contributed by atoms with E-state index in [2.05, 4.69) is 4.98 Å². The molecule has 0 saturated carbocycles. The second kappa shape index (κ2) is 6.22. The number of para-hydroxylation sites is 2. The number of hydrogen-bond acceptors (Lipinski definition) is 3. The van der Waals surface area contributed by atoms with E-state index in [4.69, 9.17) is 23.2 Å². The fraction of sp³-hybridized carbons (Fsp3) is 0.167. The van der Waals surface area contributed by atoms with Crippen LogP contribution < -0.4 is 5.32 Å². The third kappa shape index (κ3) is 2.67. The Hall–Kier alpha value is -2.58. The Morgan fingerprint density at radius 2 is 1.79 bits per heavy atom. The minimum Gasteiger partial charge on any atom is -0.315 e. The van der Waals surface area contributed by atoms with Gasteiger partial charge >= 0.3 is 6.18 Å². The smallest absolute Gasteiger partial charge is 0.315 e. The zero-order chi connectivity index (χ0) is 20.3. The van der Waals surface area contributed by atoms with Gasteiger partial charge in [0.2, 0.25) is 0 Å². The van der Waals surface area contributed by atoms with Crippen molar-refractivity contribution in [3.8, 4) is 0 Å². The van der Waals surface area contributed by atoms with Gasteiger partial charge in [0.15, 0.2) is 5.78 Å². The minimum absolute atomic E-state index is 0.0743. The standard InChI is InChI=1S/C18H10Cl2F3N3O2/c19-10-5-9(6-11(20)7-10)16(28)25-17(18(21,22)23)14(27)8-15-24-12-3-1-2-4-13(12)26(15)17/h1-7H,8H2,(H,25,28). The van der Waals surface area contributed by atoms with Crippen LogP contribution in [-0.4, -0.2) is 27.4 Å². The van der Waals surface area contributed by atoms with Crippen molar-refractivity contribution >= 4 is 45.9 Å². The SMILES string of the molecule is O=C(NC1(C(F)(F)F)C(=O)Cc2nc3ccccc3n21)c1cc(Cl)cc(Cl)c1. The summed E-state index contributed by atoms with van der Waals surface area (Å²) in [5.41, 5.74) is -3.10. The molecule has 1 unspecified atom stereocenters. The van der Waals surface area contributed by atoms with E-state index in [1.54, 1.807) is 6.07 Å². The number of rotatable bonds is 2. The second-order valence-corrected chi connectivity index (χ2v) is 7.15. The first kappa shape index (κ1) is 18.8. The Morgan fingerprint density at radius 1 is 1.14 bits per heavy atom. The summed E-state index contributed by atoms with van der Waals surface area (Å²) in [6.45, 7) is 0. The summed E-state index contributed by atoms with van der Waals surface area (Å²) in [4.78, 5) is 29.3. The predicted molar refractivity (Wildman–Crippen MR) is 96.4 cm³/mol. The van der Waals surface area contributed by atoms with Crippen molar-refractivity contribution in [3.05, 3.63) is 63.9 Å². The van der Waals surface area contributed by atoms with Gasteiger partial charge in [-0.3, -0.25) is 14.2 Å². The summed E-state index contributed by atoms with van der Waals surface area (Å²) in [7, 11) is 0. The van der Waals surface area contributed by atoms with Crippen LogP contribution in [0.5, 0.6) is 0 Å². The number of fused-ring (bicyclic) bond motifs is 3. The molecule has 0 saturated heterocycles. The molecule has 0 spiro atoms. The molecule has 1 N–H and O–H groups in total. The van der Waals surface area contributed by atoms with Crippen molar-refractivity contribution in [3.63, 3.8) is 0 Å². The number of nitrogens with zero attached hydrogens (tertiary/aromatic N) is 2. The molecule has 1 amide bonds. The third-order valence-electron chi connectivity index (χ3n) is 4.52. The zero-order valence-corrected chi connectivity index (χ0v) is 15.4. The number of alkyl halides is 3. The maximum Gasteiger partial charge on any atom is 0.438 e. The third-order valence-corrected chi connectivity index (χ3v) is 4.95. The summed E-state index contributed by atoms with van der Waals surface area (Å²) < 4.78 is 43.5. The molecule has 0 bridgehead atoms. The highest BCUT2D eigenvalue weighted by Crippen LogP contribution is 2.43. The monoisotopic (exact) mass is 427 g/mol. The van der Waals surface area contributed by atoms with Gasteiger partial charge in [-0.1, -0.05) is 35.3 Å². The van der Waals surface area contributed by atoms with Gasteiger partial charge in [-0.25, -0.2) is 4.98 Å². The van der Waals surface area contributed by atoms with Gasteiger partial charge in [0.1, 0.15) is 5.82 Å². The number of halogens is 5. The molecule has 5 nitrogen and oxygen atoms in total. The van der Waals surface area contributed by atoms with Crippen molar-refractivity contribution in [2.75, 3.05) is 0 Å². The Morgan fingerprint density at radius 3 is 2.43 bits per heavy atom. The van der Waals surface area contributed by atoms with Crippen LogP contribution in [0.2, 0.25) is 10.0 Å². The highest BCUT2D eigenvalue weighted by molar-refractivity contribution is 6.35. The van der Waals surface area contributed by atoms with Crippen molar-refractivity contribution in [1.29, 1.82) is 0 Å². The van der Waals surface area contributed by atoms with Gasteiger partial charge in [-0.2, -0.15) is 13.2 Å². The maximum absolute atomic E-state index is 14.2. The van der Waals surface area contributed by atoms with Crippen LogP contribution in [0, 0.1) is 0 Å². The predicted octanol–water partition coefficient (Wildman–Crippen LogP) is 4.11. The first-order valence-electron chi connectivity index (χ1n) is 7.99.